The van der Waals surface area contributed by atoms with Gasteiger partial charge in [-0.2, -0.15) is 0 Å². The number of hydrogen-bond donors (Lipinski definition) is 1. The molecule has 1 aliphatic carbocycles. The summed E-state index contributed by atoms with van der Waals surface area (Å²) in [4.78, 5) is 29.0. The van der Waals surface area contributed by atoms with E-state index >= 15 is 0 Å². The molecule has 8 heteroatoms. The Bertz CT molecular complexity index is 831. The van der Waals surface area contributed by atoms with Crippen LogP contribution in [0, 0.1) is 17.7 Å². The SMILES string of the molecule is CC(C)(C)OC(=O)N1C[C@H](NC(=O)c2ccc(N3CCOCC3)c(F)c2)[C@H](C2CC2)C1. The van der Waals surface area contributed by atoms with Crippen molar-refractivity contribution in [3.05, 3.63) is 29.6 Å². The molecule has 2 amide bonds. The highest BCUT2D eigenvalue weighted by atomic mass is 19.1. The van der Waals surface area contributed by atoms with Crippen molar-refractivity contribution in [1.29, 1.82) is 0 Å². The van der Waals surface area contributed by atoms with E-state index in [9.17, 15) is 14.0 Å². The maximum absolute atomic E-state index is 14.7. The third-order valence-corrected chi connectivity index (χ3v) is 6.12. The Balaban J connectivity index is 1.42. The Morgan fingerprint density at radius 3 is 2.48 bits per heavy atom. The van der Waals surface area contributed by atoms with Crippen LogP contribution < -0.4 is 10.2 Å². The zero-order valence-electron chi connectivity index (χ0n) is 18.5. The van der Waals surface area contributed by atoms with Crippen molar-refractivity contribution in [3.8, 4) is 0 Å². The number of carbonyl (C=O) groups is 2. The summed E-state index contributed by atoms with van der Waals surface area (Å²) in [5.41, 5.74) is 0.222. The average molecular weight is 434 g/mol. The number of hydrogen-bond acceptors (Lipinski definition) is 5. The molecule has 0 unspecified atom stereocenters. The van der Waals surface area contributed by atoms with Crippen molar-refractivity contribution < 1.29 is 23.5 Å². The van der Waals surface area contributed by atoms with Gasteiger partial charge in [0.05, 0.1) is 24.9 Å². The minimum atomic E-state index is -0.562. The highest BCUT2D eigenvalue weighted by Gasteiger charge is 2.45. The Hall–Kier alpha value is -2.35. The maximum Gasteiger partial charge on any atom is 0.410 e. The highest BCUT2D eigenvalue weighted by Crippen LogP contribution is 2.41. The molecule has 2 saturated heterocycles. The number of morpholine rings is 1. The van der Waals surface area contributed by atoms with Gasteiger partial charge in [-0.15, -0.1) is 0 Å². The lowest BCUT2D eigenvalue weighted by atomic mass is 9.97. The first-order valence-corrected chi connectivity index (χ1v) is 11.1. The number of nitrogens with one attached hydrogen (secondary N) is 1. The molecule has 3 aliphatic rings. The van der Waals surface area contributed by atoms with Gasteiger partial charge in [0.1, 0.15) is 11.4 Å². The minimum Gasteiger partial charge on any atom is -0.444 e. The molecule has 0 radical (unpaired) electrons. The van der Waals surface area contributed by atoms with Crippen LogP contribution in [-0.4, -0.2) is 67.9 Å². The van der Waals surface area contributed by atoms with Crippen LogP contribution in [0.5, 0.6) is 0 Å². The van der Waals surface area contributed by atoms with Gasteiger partial charge in [0.2, 0.25) is 0 Å². The normalized spacial score (nSPS) is 24.3. The van der Waals surface area contributed by atoms with Crippen LogP contribution >= 0.6 is 0 Å². The zero-order chi connectivity index (χ0) is 22.2. The molecule has 1 saturated carbocycles. The number of halogens is 1. The summed E-state index contributed by atoms with van der Waals surface area (Å²) in [6, 6.07) is 4.47. The van der Waals surface area contributed by atoms with E-state index in [-0.39, 0.29) is 24.0 Å². The second-order valence-corrected chi connectivity index (χ2v) is 9.73. The lowest BCUT2D eigenvalue weighted by Crippen LogP contribution is -2.42. The summed E-state index contributed by atoms with van der Waals surface area (Å²) in [6.07, 6.45) is 1.88. The molecule has 31 heavy (non-hydrogen) atoms. The molecule has 7 nitrogen and oxygen atoms in total. The number of nitrogens with zero attached hydrogens (tertiary/aromatic N) is 2. The van der Waals surface area contributed by atoms with E-state index in [1.165, 1.54) is 6.07 Å². The molecule has 0 bridgehead atoms. The first-order valence-electron chi connectivity index (χ1n) is 11.1. The predicted octanol–water partition coefficient (Wildman–Crippen LogP) is 3.04. The number of rotatable bonds is 4. The minimum absolute atomic E-state index is 0.158. The quantitative estimate of drug-likeness (QED) is 0.790. The molecule has 170 valence electrons. The maximum atomic E-state index is 14.7. The third-order valence-electron chi connectivity index (χ3n) is 6.12. The molecule has 1 aromatic rings. The Morgan fingerprint density at radius 1 is 1.16 bits per heavy atom. The number of ether oxygens (including phenoxy) is 2. The Morgan fingerprint density at radius 2 is 1.87 bits per heavy atom. The van der Waals surface area contributed by atoms with Gasteiger partial charge in [-0.1, -0.05) is 0 Å². The largest absolute Gasteiger partial charge is 0.444 e. The Labute approximate surface area is 182 Å². The zero-order valence-corrected chi connectivity index (χ0v) is 18.5. The molecule has 4 rings (SSSR count). The Kier molecular flexibility index (Phi) is 6.10. The summed E-state index contributed by atoms with van der Waals surface area (Å²) in [7, 11) is 0. The number of benzene rings is 1. The lowest BCUT2D eigenvalue weighted by Gasteiger charge is -2.29. The summed E-state index contributed by atoms with van der Waals surface area (Å²) >= 11 is 0. The third kappa shape index (κ3) is 5.29. The van der Waals surface area contributed by atoms with E-state index in [2.05, 4.69) is 5.32 Å². The number of anilines is 1. The molecule has 0 spiro atoms. The fourth-order valence-electron chi connectivity index (χ4n) is 4.42. The standard InChI is InChI=1S/C23H32FN3O4/c1-23(2,3)31-22(29)27-13-17(15-4-5-15)19(14-27)25-21(28)16-6-7-20(18(24)12-16)26-8-10-30-11-9-26/h6-7,12,15,17,19H,4-5,8-11,13-14H2,1-3H3,(H,25,28)/t17-,19-/m0/s1. The van der Waals surface area contributed by atoms with Gasteiger partial charge in [-0.05, 0) is 57.7 Å². The van der Waals surface area contributed by atoms with Gasteiger partial charge >= 0.3 is 6.09 Å². The second kappa shape index (κ2) is 8.65. The van der Waals surface area contributed by atoms with Crippen molar-refractivity contribution in [2.45, 2.75) is 45.3 Å². The van der Waals surface area contributed by atoms with E-state index in [0.29, 0.717) is 56.6 Å². The molecular weight excluding hydrogens is 401 g/mol. The molecule has 3 fully saturated rings. The van der Waals surface area contributed by atoms with Gasteiger partial charge in [0.15, 0.2) is 0 Å². The van der Waals surface area contributed by atoms with Gasteiger partial charge in [-0.3, -0.25) is 4.79 Å². The van der Waals surface area contributed by atoms with Gasteiger partial charge in [0.25, 0.3) is 5.91 Å². The van der Waals surface area contributed by atoms with Crippen molar-refractivity contribution in [2.75, 3.05) is 44.3 Å². The van der Waals surface area contributed by atoms with Crippen LogP contribution in [-0.2, 0) is 9.47 Å². The van der Waals surface area contributed by atoms with Gasteiger partial charge in [-0.25, -0.2) is 9.18 Å². The topological polar surface area (TPSA) is 71.1 Å². The predicted molar refractivity (Wildman–Crippen MR) is 115 cm³/mol. The monoisotopic (exact) mass is 433 g/mol. The smallest absolute Gasteiger partial charge is 0.410 e. The number of carbonyl (C=O) groups excluding carboxylic acids is 2. The first kappa shape index (κ1) is 21.9. The van der Waals surface area contributed by atoms with Crippen molar-refractivity contribution in [3.63, 3.8) is 0 Å². The fraction of sp³-hybridized carbons (Fsp3) is 0.652. The average Bonchev–Trinajstić information content (AvgIpc) is 3.47. The van der Waals surface area contributed by atoms with Crippen molar-refractivity contribution >= 4 is 17.7 Å². The summed E-state index contributed by atoms with van der Waals surface area (Å²) in [6.45, 7) is 8.92. The molecule has 1 aromatic carbocycles. The lowest BCUT2D eigenvalue weighted by molar-refractivity contribution is 0.0283. The van der Waals surface area contributed by atoms with Crippen LogP contribution in [0.25, 0.3) is 0 Å². The van der Waals surface area contributed by atoms with E-state index in [1.807, 2.05) is 25.7 Å². The van der Waals surface area contributed by atoms with Crippen LogP contribution in [0.4, 0.5) is 14.9 Å². The molecule has 2 heterocycles. The summed E-state index contributed by atoms with van der Waals surface area (Å²) < 4.78 is 25.5. The van der Waals surface area contributed by atoms with Crippen molar-refractivity contribution in [1.82, 2.24) is 10.2 Å². The number of likely N-dealkylation sites (tertiary alicyclic amines) is 1. The molecule has 2 atom stereocenters. The van der Waals surface area contributed by atoms with Gasteiger partial charge < -0.3 is 24.6 Å². The molecular formula is C23H32FN3O4. The van der Waals surface area contributed by atoms with Gasteiger partial charge in [0, 0.05) is 37.7 Å². The second-order valence-electron chi connectivity index (χ2n) is 9.73. The van der Waals surface area contributed by atoms with E-state index in [0.717, 1.165) is 12.8 Å². The van der Waals surface area contributed by atoms with E-state index in [1.54, 1.807) is 17.0 Å². The fourth-order valence-corrected chi connectivity index (χ4v) is 4.42. The summed E-state index contributed by atoms with van der Waals surface area (Å²) in [5, 5.41) is 3.05. The number of amides is 2. The van der Waals surface area contributed by atoms with E-state index in [4.69, 9.17) is 9.47 Å². The summed E-state index contributed by atoms with van der Waals surface area (Å²) in [5.74, 6) is -0.00341. The van der Waals surface area contributed by atoms with Crippen LogP contribution in [0.15, 0.2) is 18.2 Å². The van der Waals surface area contributed by atoms with E-state index < -0.39 is 11.4 Å². The van der Waals surface area contributed by atoms with Crippen LogP contribution in [0.2, 0.25) is 0 Å². The molecule has 1 N–H and O–H groups in total. The van der Waals surface area contributed by atoms with Crippen molar-refractivity contribution in [2.24, 2.45) is 11.8 Å². The van der Waals surface area contributed by atoms with Crippen LogP contribution in [0.3, 0.4) is 0 Å². The highest BCUT2D eigenvalue weighted by molar-refractivity contribution is 5.95. The molecule has 0 aromatic heterocycles. The molecule has 2 aliphatic heterocycles. The van der Waals surface area contributed by atoms with Crippen LogP contribution in [0.1, 0.15) is 44.0 Å². The first-order chi connectivity index (χ1) is 14.7.